The molecule has 2 nitrogen and oxygen atoms in total. The van der Waals surface area contributed by atoms with Gasteiger partial charge in [-0.25, -0.2) is 0 Å². The predicted molar refractivity (Wildman–Crippen MR) is 63.2 cm³/mol. The largest absolute Gasteiger partial charge is 0.391 e. The molecular weight excluding hydrogens is 186 g/mol. The molecule has 0 aromatic heterocycles. The van der Waals surface area contributed by atoms with Crippen molar-refractivity contribution in [1.82, 2.24) is 0 Å². The van der Waals surface area contributed by atoms with Gasteiger partial charge in [0.1, 0.15) is 0 Å². The minimum absolute atomic E-state index is 0.238. The highest BCUT2D eigenvalue weighted by atomic mass is 16.3. The highest BCUT2D eigenvalue weighted by Gasteiger charge is 2.33. The monoisotopic (exact) mass is 205 g/mol. The maximum Gasteiger partial charge on any atom is 0.0718 e. The zero-order valence-corrected chi connectivity index (χ0v) is 9.64. The van der Waals surface area contributed by atoms with Gasteiger partial charge in [0.05, 0.1) is 12.1 Å². The minimum Gasteiger partial charge on any atom is -0.391 e. The van der Waals surface area contributed by atoms with Gasteiger partial charge in [0, 0.05) is 11.7 Å². The molecule has 1 aliphatic rings. The van der Waals surface area contributed by atoms with Crippen LogP contribution in [0.2, 0.25) is 0 Å². The number of hydrogen-bond acceptors (Lipinski definition) is 2. The van der Waals surface area contributed by atoms with E-state index in [1.54, 1.807) is 0 Å². The zero-order valence-electron chi connectivity index (χ0n) is 9.64. The molecule has 0 amide bonds. The Bertz CT molecular complexity index is 346. The van der Waals surface area contributed by atoms with Gasteiger partial charge in [0.2, 0.25) is 0 Å². The fourth-order valence-electron chi connectivity index (χ4n) is 2.50. The Kier molecular flexibility index (Phi) is 2.70. The summed E-state index contributed by atoms with van der Waals surface area (Å²) in [7, 11) is 0. The molecule has 0 radical (unpaired) electrons. The summed E-state index contributed by atoms with van der Waals surface area (Å²) in [5.41, 5.74) is 2.65. The molecule has 1 N–H and O–H groups in total. The van der Waals surface area contributed by atoms with Gasteiger partial charge < -0.3 is 10.0 Å². The maximum absolute atomic E-state index is 9.80. The van der Waals surface area contributed by atoms with Crippen molar-refractivity contribution in [2.24, 2.45) is 0 Å². The van der Waals surface area contributed by atoms with Gasteiger partial charge in [-0.2, -0.15) is 0 Å². The van der Waals surface area contributed by atoms with Gasteiger partial charge in [-0.3, -0.25) is 0 Å². The van der Waals surface area contributed by atoms with Crippen LogP contribution in [0.1, 0.15) is 26.3 Å². The van der Waals surface area contributed by atoms with Crippen molar-refractivity contribution in [3.8, 4) is 0 Å². The Hall–Kier alpha value is -1.02. The van der Waals surface area contributed by atoms with Crippen molar-refractivity contribution in [2.45, 2.75) is 45.4 Å². The van der Waals surface area contributed by atoms with E-state index in [0.29, 0.717) is 6.04 Å². The van der Waals surface area contributed by atoms with E-state index in [-0.39, 0.29) is 12.1 Å². The Labute approximate surface area is 91.5 Å². The van der Waals surface area contributed by atoms with E-state index in [9.17, 15) is 5.11 Å². The SMILES string of the molecule is CC(O)C1Cc2ccccc2N1C(C)C. The summed E-state index contributed by atoms with van der Waals surface area (Å²) in [6.07, 6.45) is 0.686. The average molecular weight is 205 g/mol. The van der Waals surface area contributed by atoms with Gasteiger partial charge in [-0.05, 0) is 38.8 Å². The molecule has 15 heavy (non-hydrogen) atoms. The molecule has 2 heteroatoms. The molecule has 1 heterocycles. The van der Waals surface area contributed by atoms with Crippen LogP contribution in [0, 0.1) is 0 Å². The Morgan fingerprint density at radius 3 is 2.53 bits per heavy atom. The molecule has 0 bridgehead atoms. The van der Waals surface area contributed by atoms with Gasteiger partial charge in [-0.15, -0.1) is 0 Å². The van der Waals surface area contributed by atoms with Gasteiger partial charge >= 0.3 is 0 Å². The molecule has 0 saturated heterocycles. The quantitative estimate of drug-likeness (QED) is 0.800. The van der Waals surface area contributed by atoms with Crippen LogP contribution in [0.5, 0.6) is 0 Å². The van der Waals surface area contributed by atoms with E-state index in [0.717, 1.165) is 6.42 Å². The molecule has 1 aliphatic heterocycles. The third kappa shape index (κ3) is 1.74. The molecule has 2 unspecified atom stereocenters. The van der Waals surface area contributed by atoms with E-state index < -0.39 is 0 Å². The predicted octanol–water partition coefficient (Wildman–Crippen LogP) is 2.21. The molecule has 0 fully saturated rings. The van der Waals surface area contributed by atoms with E-state index in [2.05, 4.69) is 43.0 Å². The first-order valence-corrected chi connectivity index (χ1v) is 5.65. The maximum atomic E-state index is 9.80. The van der Waals surface area contributed by atoms with E-state index in [1.807, 2.05) is 6.92 Å². The molecular formula is C13H19NO. The second-order valence-corrected chi connectivity index (χ2v) is 4.64. The first kappa shape index (κ1) is 10.5. The van der Waals surface area contributed by atoms with Gasteiger partial charge in [-0.1, -0.05) is 18.2 Å². The third-order valence-electron chi connectivity index (χ3n) is 3.17. The number of anilines is 1. The molecule has 1 aromatic rings. The number of aliphatic hydroxyl groups excluding tert-OH is 1. The van der Waals surface area contributed by atoms with Gasteiger partial charge in [0.15, 0.2) is 0 Å². The molecule has 82 valence electrons. The van der Waals surface area contributed by atoms with Crippen LogP contribution in [0.25, 0.3) is 0 Å². The van der Waals surface area contributed by atoms with E-state index in [1.165, 1.54) is 11.3 Å². The van der Waals surface area contributed by atoms with Crippen LogP contribution >= 0.6 is 0 Å². The number of nitrogens with zero attached hydrogens (tertiary/aromatic N) is 1. The van der Waals surface area contributed by atoms with Crippen molar-refractivity contribution < 1.29 is 5.11 Å². The van der Waals surface area contributed by atoms with Crippen LogP contribution in [0.4, 0.5) is 5.69 Å². The first-order valence-electron chi connectivity index (χ1n) is 5.65. The standard InChI is InChI=1S/C13H19NO/c1-9(2)14-12-7-5-4-6-11(12)8-13(14)10(3)15/h4-7,9-10,13,15H,8H2,1-3H3. The Morgan fingerprint density at radius 2 is 1.93 bits per heavy atom. The van der Waals surface area contributed by atoms with Crippen LogP contribution in [-0.4, -0.2) is 23.3 Å². The Morgan fingerprint density at radius 1 is 1.27 bits per heavy atom. The van der Waals surface area contributed by atoms with E-state index >= 15 is 0 Å². The topological polar surface area (TPSA) is 23.5 Å². The summed E-state index contributed by atoms with van der Waals surface area (Å²) in [4.78, 5) is 2.33. The molecule has 0 spiro atoms. The molecule has 0 saturated carbocycles. The second-order valence-electron chi connectivity index (χ2n) is 4.64. The third-order valence-corrected chi connectivity index (χ3v) is 3.17. The lowest BCUT2D eigenvalue weighted by atomic mass is 10.1. The Balaban J connectivity index is 2.38. The average Bonchev–Trinajstić information content (AvgIpc) is 2.56. The minimum atomic E-state index is -0.278. The van der Waals surface area contributed by atoms with Crippen molar-refractivity contribution >= 4 is 5.69 Å². The summed E-state index contributed by atoms with van der Waals surface area (Å²) < 4.78 is 0. The normalized spacial score (nSPS) is 21.9. The van der Waals surface area contributed by atoms with Crippen molar-refractivity contribution in [2.75, 3.05) is 4.90 Å². The lowest BCUT2D eigenvalue weighted by molar-refractivity contribution is 0.159. The molecule has 2 atom stereocenters. The fraction of sp³-hybridized carbons (Fsp3) is 0.538. The second kappa shape index (κ2) is 3.86. The van der Waals surface area contributed by atoms with E-state index in [4.69, 9.17) is 0 Å². The number of benzene rings is 1. The highest BCUT2D eigenvalue weighted by molar-refractivity contribution is 5.60. The van der Waals surface area contributed by atoms with Crippen LogP contribution in [0.15, 0.2) is 24.3 Å². The number of hydrogen-bond donors (Lipinski definition) is 1. The molecule has 0 aliphatic carbocycles. The first-order chi connectivity index (χ1) is 7.11. The van der Waals surface area contributed by atoms with Crippen molar-refractivity contribution in [1.29, 1.82) is 0 Å². The molecule has 2 rings (SSSR count). The van der Waals surface area contributed by atoms with Crippen molar-refractivity contribution in [3.05, 3.63) is 29.8 Å². The number of rotatable bonds is 2. The molecule has 1 aromatic carbocycles. The summed E-state index contributed by atoms with van der Waals surface area (Å²) in [6, 6.07) is 9.13. The summed E-state index contributed by atoms with van der Waals surface area (Å²) in [6.45, 7) is 6.24. The van der Waals surface area contributed by atoms with Crippen molar-refractivity contribution in [3.63, 3.8) is 0 Å². The zero-order chi connectivity index (χ0) is 11.0. The fourth-order valence-corrected chi connectivity index (χ4v) is 2.50. The highest BCUT2D eigenvalue weighted by Crippen LogP contribution is 2.34. The number of aliphatic hydroxyl groups is 1. The van der Waals surface area contributed by atoms with Crippen LogP contribution in [-0.2, 0) is 6.42 Å². The van der Waals surface area contributed by atoms with Crippen LogP contribution < -0.4 is 4.90 Å². The number of para-hydroxylation sites is 1. The smallest absolute Gasteiger partial charge is 0.0718 e. The number of fused-ring (bicyclic) bond motifs is 1. The summed E-state index contributed by atoms with van der Waals surface area (Å²) in [5, 5.41) is 9.80. The lowest BCUT2D eigenvalue weighted by Gasteiger charge is -2.33. The summed E-state index contributed by atoms with van der Waals surface area (Å²) in [5.74, 6) is 0. The van der Waals surface area contributed by atoms with Gasteiger partial charge in [0.25, 0.3) is 0 Å². The van der Waals surface area contributed by atoms with Crippen LogP contribution in [0.3, 0.4) is 0 Å². The summed E-state index contributed by atoms with van der Waals surface area (Å²) >= 11 is 0. The lowest BCUT2D eigenvalue weighted by Crippen LogP contribution is -2.44.